The van der Waals surface area contributed by atoms with Gasteiger partial charge >= 0.3 is 0 Å². The van der Waals surface area contributed by atoms with Crippen LogP contribution in [0.4, 0.5) is 4.39 Å². The molecular formula is C12H15BrFN. The predicted molar refractivity (Wildman–Crippen MR) is 63.8 cm³/mol. The van der Waals surface area contributed by atoms with Gasteiger partial charge in [0.15, 0.2) is 0 Å². The summed E-state index contributed by atoms with van der Waals surface area (Å²) in [6.07, 6.45) is 1.04. The first-order valence-corrected chi connectivity index (χ1v) is 6.06. The second-order valence-electron chi connectivity index (χ2n) is 4.22. The molecule has 0 saturated carbocycles. The molecule has 1 N–H and O–H groups in total. The first kappa shape index (κ1) is 11.1. The Bertz CT molecular complexity index is 357. The molecule has 2 rings (SSSR count). The quantitative estimate of drug-likeness (QED) is 0.827. The zero-order valence-electron chi connectivity index (χ0n) is 9.03. The Kier molecular flexibility index (Phi) is 3.12. The standard InChI is InChI=1S/C12H15BrFN/c1-7-5-10(13)12(14)11(8(7)2)9-3-4-15-6-9/h5,9,15H,3-4,6H2,1-2H3. The summed E-state index contributed by atoms with van der Waals surface area (Å²) < 4.78 is 14.6. The van der Waals surface area contributed by atoms with Gasteiger partial charge in [-0.05, 0) is 65.5 Å². The molecule has 82 valence electrons. The molecule has 15 heavy (non-hydrogen) atoms. The van der Waals surface area contributed by atoms with Crippen LogP contribution in [0.15, 0.2) is 10.5 Å². The topological polar surface area (TPSA) is 12.0 Å². The third kappa shape index (κ3) is 1.95. The van der Waals surface area contributed by atoms with Crippen molar-refractivity contribution < 1.29 is 4.39 Å². The van der Waals surface area contributed by atoms with Gasteiger partial charge in [-0.15, -0.1) is 0 Å². The SMILES string of the molecule is Cc1cc(Br)c(F)c(C2CCNC2)c1C. The molecule has 0 bridgehead atoms. The number of nitrogens with one attached hydrogen (secondary N) is 1. The first-order chi connectivity index (χ1) is 7.11. The van der Waals surface area contributed by atoms with Crippen LogP contribution < -0.4 is 5.32 Å². The zero-order chi connectivity index (χ0) is 11.0. The fourth-order valence-electron chi connectivity index (χ4n) is 2.25. The molecule has 1 aliphatic rings. The summed E-state index contributed by atoms with van der Waals surface area (Å²) in [6.45, 7) is 5.94. The molecule has 1 aromatic carbocycles. The summed E-state index contributed by atoms with van der Waals surface area (Å²) in [6, 6.07) is 1.86. The van der Waals surface area contributed by atoms with Gasteiger partial charge in [0.05, 0.1) is 4.47 Å². The average Bonchev–Trinajstić information content (AvgIpc) is 2.69. The van der Waals surface area contributed by atoms with E-state index >= 15 is 0 Å². The lowest BCUT2D eigenvalue weighted by molar-refractivity contribution is 0.578. The maximum atomic E-state index is 14.0. The van der Waals surface area contributed by atoms with Crippen LogP contribution >= 0.6 is 15.9 Å². The van der Waals surface area contributed by atoms with E-state index in [9.17, 15) is 4.39 Å². The Labute approximate surface area is 98.2 Å². The third-order valence-corrected chi connectivity index (χ3v) is 3.83. The van der Waals surface area contributed by atoms with Gasteiger partial charge in [0.25, 0.3) is 0 Å². The number of benzene rings is 1. The monoisotopic (exact) mass is 271 g/mol. The lowest BCUT2D eigenvalue weighted by atomic mass is 9.91. The molecule has 0 amide bonds. The molecule has 1 unspecified atom stereocenters. The van der Waals surface area contributed by atoms with Crippen molar-refractivity contribution in [1.82, 2.24) is 5.32 Å². The van der Waals surface area contributed by atoms with Crippen LogP contribution in [0.5, 0.6) is 0 Å². The summed E-state index contributed by atoms with van der Waals surface area (Å²) in [5, 5.41) is 3.28. The van der Waals surface area contributed by atoms with Crippen molar-refractivity contribution in [2.45, 2.75) is 26.2 Å². The second-order valence-corrected chi connectivity index (χ2v) is 5.07. The zero-order valence-corrected chi connectivity index (χ0v) is 10.6. The fourth-order valence-corrected chi connectivity index (χ4v) is 2.81. The van der Waals surface area contributed by atoms with Crippen LogP contribution in [-0.4, -0.2) is 13.1 Å². The van der Waals surface area contributed by atoms with E-state index in [1.54, 1.807) is 0 Å². The van der Waals surface area contributed by atoms with Gasteiger partial charge in [0, 0.05) is 12.5 Å². The van der Waals surface area contributed by atoms with Crippen molar-refractivity contribution in [2.24, 2.45) is 0 Å². The predicted octanol–water partition coefficient (Wildman–Crippen LogP) is 3.28. The third-order valence-electron chi connectivity index (χ3n) is 3.25. The Hall–Kier alpha value is -0.410. The van der Waals surface area contributed by atoms with E-state index in [0.29, 0.717) is 10.4 Å². The lowest BCUT2D eigenvalue weighted by Gasteiger charge is -2.16. The first-order valence-electron chi connectivity index (χ1n) is 5.27. The Balaban J connectivity index is 2.52. The molecule has 3 heteroatoms. The van der Waals surface area contributed by atoms with E-state index in [0.717, 1.165) is 36.2 Å². The van der Waals surface area contributed by atoms with Crippen LogP contribution in [0.2, 0.25) is 0 Å². The maximum absolute atomic E-state index is 14.0. The van der Waals surface area contributed by atoms with E-state index < -0.39 is 0 Å². The van der Waals surface area contributed by atoms with Crippen LogP contribution in [0.25, 0.3) is 0 Å². The second kappa shape index (κ2) is 4.22. The van der Waals surface area contributed by atoms with Crippen molar-refractivity contribution in [1.29, 1.82) is 0 Å². The Morgan fingerprint density at radius 1 is 1.47 bits per heavy atom. The minimum atomic E-state index is -0.0770. The van der Waals surface area contributed by atoms with E-state index in [2.05, 4.69) is 21.2 Å². The minimum absolute atomic E-state index is 0.0770. The maximum Gasteiger partial charge on any atom is 0.141 e. The summed E-state index contributed by atoms with van der Waals surface area (Å²) in [7, 11) is 0. The van der Waals surface area contributed by atoms with Crippen LogP contribution in [0.3, 0.4) is 0 Å². The number of hydrogen-bond donors (Lipinski definition) is 1. The summed E-state index contributed by atoms with van der Waals surface area (Å²) in [5.74, 6) is 0.257. The van der Waals surface area contributed by atoms with E-state index in [1.807, 2.05) is 19.9 Å². The Morgan fingerprint density at radius 2 is 2.20 bits per heavy atom. The van der Waals surface area contributed by atoms with Gasteiger partial charge in [-0.3, -0.25) is 0 Å². The smallest absolute Gasteiger partial charge is 0.141 e. The van der Waals surface area contributed by atoms with E-state index in [4.69, 9.17) is 0 Å². The highest BCUT2D eigenvalue weighted by molar-refractivity contribution is 9.10. The molecule has 1 aliphatic heterocycles. The summed E-state index contributed by atoms with van der Waals surface area (Å²) in [5.41, 5.74) is 3.15. The number of halogens is 2. The molecule has 1 aromatic rings. The molecule has 1 heterocycles. The van der Waals surface area contributed by atoms with Crippen molar-refractivity contribution in [3.8, 4) is 0 Å². The number of hydrogen-bond acceptors (Lipinski definition) is 1. The summed E-state index contributed by atoms with van der Waals surface area (Å²) >= 11 is 3.28. The van der Waals surface area contributed by atoms with Crippen LogP contribution in [0.1, 0.15) is 29.0 Å². The van der Waals surface area contributed by atoms with Gasteiger partial charge in [-0.2, -0.15) is 0 Å². The average molecular weight is 272 g/mol. The molecule has 0 radical (unpaired) electrons. The molecule has 1 saturated heterocycles. The highest BCUT2D eigenvalue weighted by Gasteiger charge is 2.23. The highest BCUT2D eigenvalue weighted by atomic mass is 79.9. The van der Waals surface area contributed by atoms with E-state index in [1.165, 1.54) is 0 Å². The van der Waals surface area contributed by atoms with Gasteiger partial charge < -0.3 is 5.32 Å². The van der Waals surface area contributed by atoms with Crippen LogP contribution in [-0.2, 0) is 0 Å². The van der Waals surface area contributed by atoms with E-state index in [-0.39, 0.29) is 5.82 Å². The summed E-state index contributed by atoms with van der Waals surface area (Å²) in [4.78, 5) is 0. The largest absolute Gasteiger partial charge is 0.316 e. The lowest BCUT2D eigenvalue weighted by Crippen LogP contribution is -2.11. The molecule has 1 atom stereocenters. The molecule has 1 nitrogen and oxygen atoms in total. The van der Waals surface area contributed by atoms with Gasteiger partial charge in [0.1, 0.15) is 5.82 Å². The molecule has 0 spiro atoms. The molecule has 0 aromatic heterocycles. The van der Waals surface area contributed by atoms with Crippen molar-refractivity contribution >= 4 is 15.9 Å². The van der Waals surface area contributed by atoms with Crippen molar-refractivity contribution in [2.75, 3.05) is 13.1 Å². The minimum Gasteiger partial charge on any atom is -0.316 e. The van der Waals surface area contributed by atoms with Crippen LogP contribution in [0, 0.1) is 19.7 Å². The highest BCUT2D eigenvalue weighted by Crippen LogP contribution is 2.33. The van der Waals surface area contributed by atoms with Gasteiger partial charge in [-0.1, -0.05) is 0 Å². The van der Waals surface area contributed by atoms with Gasteiger partial charge in [-0.25, -0.2) is 4.39 Å². The Morgan fingerprint density at radius 3 is 2.80 bits per heavy atom. The number of aryl methyl sites for hydroxylation is 1. The number of rotatable bonds is 1. The normalized spacial score (nSPS) is 20.9. The van der Waals surface area contributed by atoms with Crippen molar-refractivity contribution in [3.05, 3.63) is 33.0 Å². The molecule has 1 fully saturated rings. The fraction of sp³-hybridized carbons (Fsp3) is 0.500. The molecular weight excluding hydrogens is 257 g/mol. The molecule has 0 aliphatic carbocycles. The van der Waals surface area contributed by atoms with Crippen molar-refractivity contribution in [3.63, 3.8) is 0 Å². The van der Waals surface area contributed by atoms with Gasteiger partial charge in [0.2, 0.25) is 0 Å².